The van der Waals surface area contributed by atoms with Gasteiger partial charge in [0, 0.05) is 51.6 Å². The maximum atomic E-state index is 16.8. The van der Waals surface area contributed by atoms with Crippen molar-refractivity contribution in [3.05, 3.63) is 82.3 Å². The maximum Gasteiger partial charge on any atom is 0.157 e. The number of piperidine rings is 1. The van der Waals surface area contributed by atoms with Gasteiger partial charge in [0.2, 0.25) is 0 Å². The number of thiophene rings is 1. The number of anilines is 1. The molecule has 0 radical (unpaired) electrons. The molecule has 3 aliphatic heterocycles. The van der Waals surface area contributed by atoms with Gasteiger partial charge in [0.15, 0.2) is 5.82 Å². The molecule has 8 rings (SSSR count). The summed E-state index contributed by atoms with van der Waals surface area (Å²) in [5.74, 6) is 0.301. The Morgan fingerprint density at radius 3 is 2.68 bits per heavy atom. The van der Waals surface area contributed by atoms with Crippen LogP contribution in [0.1, 0.15) is 46.7 Å². The number of nitrogens with one attached hydrogen (secondary N) is 1. The van der Waals surface area contributed by atoms with Gasteiger partial charge in [-0.2, -0.15) is 0 Å². The molecule has 0 bridgehead atoms. The van der Waals surface area contributed by atoms with Gasteiger partial charge in [0.05, 0.1) is 29.5 Å². The number of imidazole rings is 1. The summed E-state index contributed by atoms with van der Waals surface area (Å²) >= 11 is 1.71. The molecule has 0 aliphatic carbocycles. The van der Waals surface area contributed by atoms with Crippen LogP contribution < -0.4 is 4.90 Å². The van der Waals surface area contributed by atoms with Crippen molar-refractivity contribution >= 4 is 33.8 Å². The van der Waals surface area contributed by atoms with E-state index in [1.54, 1.807) is 23.7 Å². The lowest BCUT2D eigenvalue weighted by Gasteiger charge is -2.26. The lowest BCUT2D eigenvalue weighted by molar-refractivity contribution is 0.220. The van der Waals surface area contributed by atoms with Gasteiger partial charge in [-0.3, -0.25) is 19.9 Å². The molecular weight excluding hydrogens is 533 g/mol. The lowest BCUT2D eigenvalue weighted by atomic mass is 9.93. The molecule has 7 heterocycles. The van der Waals surface area contributed by atoms with Crippen molar-refractivity contribution in [3.63, 3.8) is 0 Å². The van der Waals surface area contributed by atoms with Crippen molar-refractivity contribution < 1.29 is 4.39 Å². The Bertz CT molecular complexity index is 1850. The van der Waals surface area contributed by atoms with Gasteiger partial charge in [-0.05, 0) is 75.2 Å². The first-order chi connectivity index (χ1) is 20.0. The molecule has 0 saturated carbocycles. The predicted octanol–water partition coefficient (Wildman–Crippen LogP) is 6.49. The van der Waals surface area contributed by atoms with Crippen LogP contribution in [0.5, 0.6) is 0 Å². The molecule has 3 aliphatic rings. The second kappa shape index (κ2) is 9.56. The molecule has 1 aromatic carbocycles. The molecule has 1 N–H and O–H groups in total. The Labute approximate surface area is 241 Å². The van der Waals surface area contributed by atoms with Gasteiger partial charge in [-0.25, -0.2) is 9.37 Å². The summed E-state index contributed by atoms with van der Waals surface area (Å²) in [5, 5.41) is 0. The minimum absolute atomic E-state index is 0.0161. The number of likely N-dealkylation sites (tertiary alicyclic amines) is 1. The lowest BCUT2D eigenvalue weighted by Crippen LogP contribution is -2.29. The smallest absolute Gasteiger partial charge is 0.157 e. The normalized spacial score (nSPS) is 18.4. The first-order valence-electron chi connectivity index (χ1n) is 14.3. The topological polar surface area (TPSA) is 73.1 Å². The molecule has 0 amide bonds. The second-order valence-electron chi connectivity index (χ2n) is 11.4. The maximum absolute atomic E-state index is 16.8. The summed E-state index contributed by atoms with van der Waals surface area (Å²) in [7, 11) is 0. The zero-order chi connectivity index (χ0) is 27.7. The summed E-state index contributed by atoms with van der Waals surface area (Å²) < 4.78 is 16.8. The Morgan fingerprint density at radius 2 is 1.85 bits per heavy atom. The van der Waals surface area contributed by atoms with E-state index in [4.69, 9.17) is 9.98 Å². The van der Waals surface area contributed by atoms with Crippen LogP contribution in [0, 0.1) is 19.7 Å². The number of nitrogens with zero attached hydrogens (tertiary/aromatic N) is 6. The number of benzene rings is 1. The number of rotatable bonds is 5. The number of aliphatic imine (C=N–C) groups is 1. The van der Waals surface area contributed by atoms with Crippen molar-refractivity contribution in [2.45, 2.75) is 45.8 Å². The standard InChI is InChI=1S/C32H30FN7S/c1-18-10-24-28(29(33)27(18)21-11-20(12-34-13-21)16-39-8-4-3-5-9-39)31(37-26-17-40(24)26)32-36-23-15-35-14-22(30(23)38-32)25-7-6-19(2)41-25/h6-7,10-15,26H,3-5,8-9,16-17H2,1-2H3,(H,36,38). The van der Waals surface area contributed by atoms with E-state index in [0.717, 1.165) is 70.0 Å². The zero-order valence-electron chi connectivity index (χ0n) is 23.1. The number of halogens is 1. The SMILES string of the molecule is Cc1ccc(-c2cncc3[nH]c(C4=NC5CN5c5cc(C)c(-c6cncc(CN7CCCCC7)c6)c(F)c54)nc23)s1. The van der Waals surface area contributed by atoms with Crippen molar-refractivity contribution in [2.24, 2.45) is 4.99 Å². The fourth-order valence-corrected chi connectivity index (χ4v) is 7.23. The van der Waals surface area contributed by atoms with Crippen LogP contribution in [0.2, 0.25) is 0 Å². The van der Waals surface area contributed by atoms with E-state index in [1.807, 2.05) is 19.3 Å². The molecule has 2 saturated heterocycles. The van der Waals surface area contributed by atoms with Crippen molar-refractivity contribution in [1.29, 1.82) is 0 Å². The number of aromatic nitrogens is 4. The Morgan fingerprint density at radius 1 is 1.00 bits per heavy atom. The van der Waals surface area contributed by atoms with E-state index in [-0.39, 0.29) is 12.0 Å². The Balaban J connectivity index is 1.22. The molecule has 5 aromatic rings. The highest BCUT2D eigenvalue weighted by atomic mass is 32.1. The van der Waals surface area contributed by atoms with Crippen LogP contribution in [0.15, 0.2) is 54.0 Å². The van der Waals surface area contributed by atoms with Gasteiger partial charge in [0.1, 0.15) is 23.2 Å². The summed E-state index contributed by atoms with van der Waals surface area (Å²) in [4.78, 5) is 29.3. The summed E-state index contributed by atoms with van der Waals surface area (Å²) in [6.07, 6.45) is 11.1. The first-order valence-corrected chi connectivity index (χ1v) is 15.1. The summed E-state index contributed by atoms with van der Waals surface area (Å²) in [5.41, 5.74) is 7.94. The average Bonchev–Trinajstić information content (AvgIpc) is 3.42. The zero-order valence-corrected chi connectivity index (χ0v) is 23.9. The number of aryl methyl sites for hydroxylation is 2. The average molecular weight is 564 g/mol. The molecule has 41 heavy (non-hydrogen) atoms. The highest BCUT2D eigenvalue weighted by molar-refractivity contribution is 7.15. The molecule has 7 nitrogen and oxygen atoms in total. The van der Waals surface area contributed by atoms with Gasteiger partial charge in [-0.1, -0.05) is 6.42 Å². The third-order valence-corrected chi connectivity index (χ3v) is 9.45. The molecule has 1 atom stereocenters. The number of H-pyrrole nitrogens is 1. The van der Waals surface area contributed by atoms with Crippen molar-refractivity contribution in [1.82, 2.24) is 24.8 Å². The fourth-order valence-electron chi connectivity index (χ4n) is 6.35. The highest BCUT2D eigenvalue weighted by Gasteiger charge is 2.43. The quantitative estimate of drug-likeness (QED) is 0.248. The van der Waals surface area contributed by atoms with Gasteiger partial charge in [-0.15, -0.1) is 11.3 Å². The third-order valence-electron chi connectivity index (χ3n) is 8.42. The highest BCUT2D eigenvalue weighted by Crippen LogP contribution is 2.44. The van der Waals surface area contributed by atoms with Gasteiger partial charge >= 0.3 is 0 Å². The summed E-state index contributed by atoms with van der Waals surface area (Å²) in [6.45, 7) is 7.91. The molecule has 2 fully saturated rings. The Kier molecular flexibility index (Phi) is 5.79. The predicted molar refractivity (Wildman–Crippen MR) is 162 cm³/mol. The molecule has 1 unspecified atom stereocenters. The van der Waals surface area contributed by atoms with Crippen LogP contribution in [0.3, 0.4) is 0 Å². The Hall–Kier alpha value is -3.95. The molecular formula is C32H30FN7S. The van der Waals surface area contributed by atoms with Crippen LogP contribution in [0.25, 0.3) is 32.6 Å². The minimum Gasteiger partial charge on any atom is -0.344 e. The largest absolute Gasteiger partial charge is 0.344 e. The van der Waals surface area contributed by atoms with E-state index in [0.29, 0.717) is 22.7 Å². The first kappa shape index (κ1) is 24.8. The number of fused-ring (bicyclic) bond motifs is 4. The number of hydrogen-bond donors (Lipinski definition) is 1. The fraction of sp³-hybridized carbons (Fsp3) is 0.312. The van der Waals surface area contributed by atoms with Crippen LogP contribution in [-0.4, -0.2) is 56.3 Å². The van der Waals surface area contributed by atoms with E-state index >= 15 is 4.39 Å². The number of hydrogen-bond acceptors (Lipinski definition) is 7. The van der Waals surface area contributed by atoms with E-state index in [1.165, 1.54) is 24.1 Å². The molecule has 0 spiro atoms. The van der Waals surface area contributed by atoms with Gasteiger partial charge in [0.25, 0.3) is 0 Å². The number of pyridine rings is 2. The molecule has 206 valence electrons. The van der Waals surface area contributed by atoms with E-state index in [2.05, 4.69) is 55.9 Å². The van der Waals surface area contributed by atoms with Crippen LogP contribution in [0.4, 0.5) is 10.1 Å². The van der Waals surface area contributed by atoms with Crippen molar-refractivity contribution in [3.8, 4) is 21.6 Å². The van der Waals surface area contributed by atoms with Crippen molar-refractivity contribution in [2.75, 3.05) is 24.5 Å². The number of aromatic amines is 1. The van der Waals surface area contributed by atoms with Crippen LogP contribution >= 0.6 is 11.3 Å². The van der Waals surface area contributed by atoms with E-state index in [9.17, 15) is 0 Å². The summed E-state index contributed by atoms with van der Waals surface area (Å²) in [6, 6.07) is 8.40. The van der Waals surface area contributed by atoms with E-state index < -0.39 is 0 Å². The molecule has 4 aromatic heterocycles. The van der Waals surface area contributed by atoms with Crippen LogP contribution in [-0.2, 0) is 6.54 Å². The third kappa shape index (κ3) is 4.26. The second-order valence-corrected chi connectivity index (χ2v) is 12.7. The van der Waals surface area contributed by atoms with Gasteiger partial charge < -0.3 is 9.88 Å². The monoisotopic (exact) mass is 563 g/mol. The molecule has 9 heteroatoms. The minimum atomic E-state index is -0.270.